The maximum Gasteiger partial charge on any atom is 0.294 e. The summed E-state index contributed by atoms with van der Waals surface area (Å²) in [5.74, 6) is 0. The fourth-order valence-electron chi connectivity index (χ4n) is 2.21. The van der Waals surface area contributed by atoms with E-state index in [1.54, 1.807) is 6.07 Å². The Hall–Kier alpha value is -2.15. The van der Waals surface area contributed by atoms with Crippen molar-refractivity contribution in [3.05, 3.63) is 28.3 Å². The van der Waals surface area contributed by atoms with E-state index < -0.39 is 4.92 Å². The zero-order valence-corrected chi connectivity index (χ0v) is 10.3. The zero-order chi connectivity index (χ0) is 13.2. The number of hydrogen-bond donors (Lipinski definition) is 2. The largest absolute Gasteiger partial charge is 0.461 e. The van der Waals surface area contributed by atoms with Crippen LogP contribution in [-0.4, -0.2) is 34.1 Å². The van der Waals surface area contributed by atoms with Crippen molar-refractivity contribution in [1.82, 2.24) is 15.3 Å². The number of non-ortho nitro benzene ring substituents is 1. The predicted octanol–water partition coefficient (Wildman–Crippen LogP) is 1.60. The lowest BCUT2D eigenvalue weighted by molar-refractivity contribution is -0.384. The summed E-state index contributed by atoms with van der Waals surface area (Å²) >= 11 is 0. The van der Waals surface area contributed by atoms with Gasteiger partial charge in [-0.25, -0.2) is 0 Å². The molecule has 7 nitrogen and oxygen atoms in total. The second-order valence-electron chi connectivity index (χ2n) is 4.57. The van der Waals surface area contributed by atoms with E-state index in [1.165, 1.54) is 12.1 Å². The molecule has 100 valence electrons. The summed E-state index contributed by atoms with van der Waals surface area (Å²) in [4.78, 5) is 17.5. The summed E-state index contributed by atoms with van der Waals surface area (Å²) in [6, 6.07) is 4.97. The second kappa shape index (κ2) is 4.85. The first-order valence-corrected chi connectivity index (χ1v) is 6.24. The molecule has 0 amide bonds. The minimum Gasteiger partial charge on any atom is -0.461 e. The number of nitro groups is 1. The maximum absolute atomic E-state index is 10.7. The van der Waals surface area contributed by atoms with Crippen LogP contribution in [-0.2, 0) is 0 Å². The molecule has 0 spiro atoms. The van der Waals surface area contributed by atoms with Crippen molar-refractivity contribution in [3.63, 3.8) is 0 Å². The van der Waals surface area contributed by atoms with Gasteiger partial charge in [0.15, 0.2) is 0 Å². The first kappa shape index (κ1) is 11.9. The molecular formula is C12H14N4O3. The van der Waals surface area contributed by atoms with E-state index in [9.17, 15) is 10.1 Å². The summed E-state index contributed by atoms with van der Waals surface area (Å²) in [5.41, 5.74) is 1.34. The molecule has 0 bridgehead atoms. The molecule has 2 N–H and O–H groups in total. The molecule has 1 saturated heterocycles. The molecule has 7 heteroatoms. The minimum atomic E-state index is -0.423. The fraction of sp³-hybridized carbons (Fsp3) is 0.417. The Bertz CT molecular complexity index is 604. The van der Waals surface area contributed by atoms with Crippen LogP contribution in [0.3, 0.4) is 0 Å². The van der Waals surface area contributed by atoms with E-state index in [4.69, 9.17) is 4.74 Å². The molecule has 1 aromatic heterocycles. The van der Waals surface area contributed by atoms with Gasteiger partial charge in [0.25, 0.3) is 11.7 Å². The van der Waals surface area contributed by atoms with Crippen molar-refractivity contribution in [2.75, 3.05) is 13.1 Å². The number of H-pyrrole nitrogens is 1. The second-order valence-corrected chi connectivity index (χ2v) is 4.57. The van der Waals surface area contributed by atoms with Gasteiger partial charge in [-0.3, -0.25) is 10.1 Å². The van der Waals surface area contributed by atoms with Crippen LogP contribution in [0, 0.1) is 10.1 Å². The first-order valence-electron chi connectivity index (χ1n) is 6.24. The van der Waals surface area contributed by atoms with Gasteiger partial charge >= 0.3 is 0 Å². The SMILES string of the molecule is O=[N+]([O-])c1ccc2nc(OC3CCNCC3)[nH]c2c1. The number of hydrogen-bond acceptors (Lipinski definition) is 5. The van der Waals surface area contributed by atoms with Crippen molar-refractivity contribution in [3.8, 4) is 6.01 Å². The number of benzene rings is 1. The highest BCUT2D eigenvalue weighted by molar-refractivity contribution is 5.78. The van der Waals surface area contributed by atoms with Gasteiger partial charge in [-0.1, -0.05) is 0 Å². The normalized spacial score (nSPS) is 16.6. The number of aromatic amines is 1. The van der Waals surface area contributed by atoms with Crippen LogP contribution in [0.25, 0.3) is 11.0 Å². The number of nitrogens with one attached hydrogen (secondary N) is 2. The number of nitrogens with zero attached hydrogens (tertiary/aromatic N) is 2. The van der Waals surface area contributed by atoms with Crippen LogP contribution in [0.5, 0.6) is 6.01 Å². The van der Waals surface area contributed by atoms with Gasteiger partial charge in [-0.2, -0.15) is 4.98 Å². The van der Waals surface area contributed by atoms with Crippen LogP contribution in [0.4, 0.5) is 5.69 Å². The molecule has 1 fully saturated rings. The summed E-state index contributed by atoms with van der Waals surface area (Å²) in [6.07, 6.45) is 2.03. The zero-order valence-electron chi connectivity index (χ0n) is 10.3. The van der Waals surface area contributed by atoms with Crippen molar-refractivity contribution < 1.29 is 9.66 Å². The van der Waals surface area contributed by atoms with Gasteiger partial charge in [0, 0.05) is 12.1 Å². The number of aromatic nitrogens is 2. The van der Waals surface area contributed by atoms with Crippen LogP contribution in [0.15, 0.2) is 18.2 Å². The quantitative estimate of drug-likeness (QED) is 0.647. The number of ether oxygens (including phenoxy) is 1. The first-order chi connectivity index (χ1) is 9.22. The number of imidazole rings is 1. The maximum atomic E-state index is 10.7. The molecule has 3 rings (SSSR count). The van der Waals surface area contributed by atoms with Crippen molar-refractivity contribution in [1.29, 1.82) is 0 Å². The molecular weight excluding hydrogens is 248 g/mol. The molecule has 2 heterocycles. The Kier molecular flexibility index (Phi) is 3.04. The van der Waals surface area contributed by atoms with Gasteiger partial charge in [0.2, 0.25) is 0 Å². The highest BCUT2D eigenvalue weighted by atomic mass is 16.6. The van der Waals surface area contributed by atoms with E-state index in [1.807, 2.05) is 0 Å². The summed E-state index contributed by atoms with van der Waals surface area (Å²) in [5, 5.41) is 14.0. The number of piperidine rings is 1. The van der Waals surface area contributed by atoms with E-state index >= 15 is 0 Å². The summed E-state index contributed by atoms with van der Waals surface area (Å²) in [6.45, 7) is 1.88. The van der Waals surface area contributed by atoms with Crippen molar-refractivity contribution in [2.45, 2.75) is 18.9 Å². The smallest absolute Gasteiger partial charge is 0.294 e. The van der Waals surface area contributed by atoms with E-state index in [-0.39, 0.29) is 11.8 Å². The van der Waals surface area contributed by atoms with Crippen molar-refractivity contribution in [2.24, 2.45) is 0 Å². The van der Waals surface area contributed by atoms with Crippen LogP contribution in [0.1, 0.15) is 12.8 Å². The minimum absolute atomic E-state index is 0.0459. The van der Waals surface area contributed by atoms with Crippen LogP contribution >= 0.6 is 0 Å². The average Bonchev–Trinajstić information content (AvgIpc) is 2.80. The van der Waals surface area contributed by atoms with Gasteiger partial charge in [0.05, 0.1) is 16.0 Å². The number of fused-ring (bicyclic) bond motifs is 1. The molecule has 2 aromatic rings. The number of nitro benzene ring substituents is 1. The Morgan fingerprint density at radius 1 is 1.37 bits per heavy atom. The molecule has 1 aromatic carbocycles. The van der Waals surface area contributed by atoms with E-state index in [0.29, 0.717) is 17.0 Å². The third-order valence-corrected chi connectivity index (χ3v) is 3.22. The monoisotopic (exact) mass is 262 g/mol. The molecule has 1 aliphatic rings. The molecule has 0 radical (unpaired) electrons. The highest BCUT2D eigenvalue weighted by Crippen LogP contribution is 2.22. The Balaban J connectivity index is 1.82. The molecule has 0 atom stereocenters. The van der Waals surface area contributed by atoms with Gasteiger partial charge in [-0.05, 0) is 32.0 Å². The molecule has 0 aliphatic carbocycles. The standard InChI is InChI=1S/C12H14N4O3/c17-16(18)8-1-2-10-11(7-8)15-12(14-10)19-9-3-5-13-6-4-9/h1-2,7,9,13H,3-6H2,(H,14,15). The van der Waals surface area contributed by atoms with Gasteiger partial charge in [-0.15, -0.1) is 0 Å². The lowest BCUT2D eigenvalue weighted by Gasteiger charge is -2.22. The molecule has 19 heavy (non-hydrogen) atoms. The number of rotatable bonds is 3. The Morgan fingerprint density at radius 2 is 2.16 bits per heavy atom. The van der Waals surface area contributed by atoms with Crippen LogP contribution < -0.4 is 10.1 Å². The van der Waals surface area contributed by atoms with E-state index in [2.05, 4.69) is 15.3 Å². The lowest BCUT2D eigenvalue weighted by Crippen LogP contribution is -2.34. The molecule has 1 aliphatic heterocycles. The van der Waals surface area contributed by atoms with Crippen LogP contribution in [0.2, 0.25) is 0 Å². The van der Waals surface area contributed by atoms with Crippen molar-refractivity contribution >= 4 is 16.7 Å². The van der Waals surface area contributed by atoms with Gasteiger partial charge in [0.1, 0.15) is 6.10 Å². The van der Waals surface area contributed by atoms with Gasteiger partial charge < -0.3 is 15.0 Å². The Morgan fingerprint density at radius 3 is 2.89 bits per heavy atom. The highest BCUT2D eigenvalue weighted by Gasteiger charge is 2.17. The predicted molar refractivity (Wildman–Crippen MR) is 69.3 cm³/mol. The third kappa shape index (κ3) is 2.50. The Labute approximate surface area is 109 Å². The molecule has 0 unspecified atom stereocenters. The fourth-order valence-corrected chi connectivity index (χ4v) is 2.21. The summed E-state index contributed by atoms with van der Waals surface area (Å²) < 4.78 is 5.76. The molecule has 0 saturated carbocycles. The lowest BCUT2D eigenvalue weighted by atomic mass is 10.1. The average molecular weight is 262 g/mol. The third-order valence-electron chi connectivity index (χ3n) is 3.22. The van der Waals surface area contributed by atoms with E-state index in [0.717, 1.165) is 25.9 Å². The topological polar surface area (TPSA) is 93.1 Å². The summed E-state index contributed by atoms with van der Waals surface area (Å²) in [7, 11) is 0.